The molecule has 0 aliphatic carbocycles. The maximum Gasteiger partial charge on any atom is 0.389 e. The predicted octanol–water partition coefficient (Wildman–Crippen LogP) is 0.824. The van der Waals surface area contributed by atoms with Crippen LogP contribution in [0.4, 0.5) is 18.0 Å². The third-order valence-electron chi connectivity index (χ3n) is 2.59. The number of nitrogens with one attached hydrogen (secondary N) is 1. The van der Waals surface area contributed by atoms with Crippen LogP contribution in [0.1, 0.15) is 12.8 Å². The molecular weight excluding hydrogens is 269 g/mol. The Kier molecular flexibility index (Phi) is 5.40. The first kappa shape index (κ1) is 15.5. The number of halogens is 3. The zero-order chi connectivity index (χ0) is 14.5. The van der Waals surface area contributed by atoms with E-state index in [-0.39, 0.29) is 32.7 Å². The molecule has 1 atom stereocenters. The van der Waals surface area contributed by atoms with Crippen molar-refractivity contribution in [2.45, 2.75) is 25.1 Å². The molecule has 0 aromatic rings. The second-order valence-electron chi connectivity index (χ2n) is 4.07. The van der Waals surface area contributed by atoms with Gasteiger partial charge in [-0.25, -0.2) is 9.59 Å². The lowest BCUT2D eigenvalue weighted by Gasteiger charge is -2.32. The number of hydrogen-bond donors (Lipinski definition) is 2. The van der Waals surface area contributed by atoms with Crippen LogP contribution in [0.15, 0.2) is 0 Å². The third kappa shape index (κ3) is 5.33. The lowest BCUT2D eigenvalue weighted by molar-refractivity contribution is -0.147. The number of urea groups is 1. The predicted molar refractivity (Wildman–Crippen MR) is 57.6 cm³/mol. The molecule has 0 spiro atoms. The molecule has 0 saturated carbocycles. The molecule has 1 saturated heterocycles. The van der Waals surface area contributed by atoms with E-state index in [4.69, 9.17) is 9.84 Å². The largest absolute Gasteiger partial charge is 0.480 e. The molecule has 19 heavy (non-hydrogen) atoms. The fourth-order valence-electron chi connectivity index (χ4n) is 1.64. The molecule has 0 aromatic carbocycles. The van der Waals surface area contributed by atoms with E-state index in [2.05, 4.69) is 5.32 Å². The van der Waals surface area contributed by atoms with Gasteiger partial charge in [0.25, 0.3) is 0 Å². The first-order chi connectivity index (χ1) is 8.81. The fraction of sp³-hybridized carbons (Fsp3) is 0.800. The Bertz CT molecular complexity index is 335. The van der Waals surface area contributed by atoms with Crippen molar-refractivity contribution in [2.24, 2.45) is 0 Å². The van der Waals surface area contributed by atoms with Crippen molar-refractivity contribution >= 4 is 12.0 Å². The molecule has 0 aromatic heterocycles. The minimum atomic E-state index is -4.26. The molecular formula is C10H15F3N2O4. The number of carbonyl (C=O) groups is 2. The van der Waals surface area contributed by atoms with Crippen molar-refractivity contribution < 1.29 is 32.6 Å². The molecule has 1 unspecified atom stereocenters. The first-order valence-corrected chi connectivity index (χ1v) is 5.73. The number of carboxylic acid groups (broad SMARTS) is 1. The highest BCUT2D eigenvalue weighted by molar-refractivity contribution is 5.82. The van der Waals surface area contributed by atoms with Gasteiger partial charge in [-0.15, -0.1) is 0 Å². The molecule has 1 aliphatic rings. The van der Waals surface area contributed by atoms with Crippen molar-refractivity contribution in [3.63, 3.8) is 0 Å². The Hall–Kier alpha value is -1.51. The van der Waals surface area contributed by atoms with E-state index in [9.17, 15) is 22.8 Å². The van der Waals surface area contributed by atoms with Gasteiger partial charge in [0.05, 0.1) is 13.2 Å². The van der Waals surface area contributed by atoms with Crippen molar-refractivity contribution in [1.29, 1.82) is 0 Å². The molecule has 1 rings (SSSR count). The summed E-state index contributed by atoms with van der Waals surface area (Å²) in [6.45, 7) is 0.0369. The van der Waals surface area contributed by atoms with Crippen molar-refractivity contribution in [3.05, 3.63) is 0 Å². The van der Waals surface area contributed by atoms with Gasteiger partial charge in [0.1, 0.15) is 0 Å². The van der Waals surface area contributed by atoms with Gasteiger partial charge < -0.3 is 20.1 Å². The Morgan fingerprint density at radius 3 is 2.68 bits per heavy atom. The number of carboxylic acids is 1. The summed E-state index contributed by atoms with van der Waals surface area (Å²) in [4.78, 5) is 23.6. The standard InChI is InChI=1S/C10H15F3N2O4/c11-10(12,13)2-1-3-14-9(18)15-4-5-19-6-7(15)8(16)17/h7H,1-6H2,(H,14,18)(H,16,17). The molecule has 9 heteroatoms. The van der Waals surface area contributed by atoms with E-state index in [0.29, 0.717) is 0 Å². The van der Waals surface area contributed by atoms with E-state index in [1.807, 2.05) is 0 Å². The van der Waals surface area contributed by atoms with Crippen LogP contribution in [0.2, 0.25) is 0 Å². The zero-order valence-corrected chi connectivity index (χ0v) is 10.1. The highest BCUT2D eigenvalue weighted by Gasteiger charge is 2.32. The molecule has 2 N–H and O–H groups in total. The quantitative estimate of drug-likeness (QED) is 0.749. The summed E-state index contributed by atoms with van der Waals surface area (Å²) in [7, 11) is 0. The topological polar surface area (TPSA) is 78.9 Å². The first-order valence-electron chi connectivity index (χ1n) is 5.73. The minimum absolute atomic E-state index is 0.0993. The van der Waals surface area contributed by atoms with Gasteiger partial charge in [-0.2, -0.15) is 13.2 Å². The van der Waals surface area contributed by atoms with Crippen LogP contribution in [0, 0.1) is 0 Å². The molecule has 110 valence electrons. The van der Waals surface area contributed by atoms with E-state index >= 15 is 0 Å². The maximum atomic E-state index is 11.9. The second-order valence-corrected chi connectivity index (χ2v) is 4.07. The van der Waals surface area contributed by atoms with Gasteiger partial charge in [-0.1, -0.05) is 0 Å². The molecule has 2 amide bonds. The summed E-state index contributed by atoms with van der Waals surface area (Å²) < 4.78 is 40.6. The van der Waals surface area contributed by atoms with Crippen molar-refractivity contribution in [2.75, 3.05) is 26.3 Å². The van der Waals surface area contributed by atoms with Crippen LogP contribution >= 0.6 is 0 Å². The van der Waals surface area contributed by atoms with Crippen LogP contribution < -0.4 is 5.32 Å². The number of nitrogens with zero attached hydrogens (tertiary/aromatic N) is 1. The molecule has 0 bridgehead atoms. The number of alkyl halides is 3. The number of amides is 2. The van der Waals surface area contributed by atoms with Crippen LogP contribution in [0.3, 0.4) is 0 Å². The Balaban J connectivity index is 2.37. The average Bonchev–Trinajstić information content (AvgIpc) is 2.33. The van der Waals surface area contributed by atoms with Gasteiger partial charge in [0.2, 0.25) is 0 Å². The SMILES string of the molecule is O=C(O)C1COCCN1C(=O)NCCCC(F)(F)F. The lowest BCUT2D eigenvalue weighted by atomic mass is 10.2. The fourth-order valence-corrected chi connectivity index (χ4v) is 1.64. The lowest BCUT2D eigenvalue weighted by Crippen LogP contribution is -2.55. The van der Waals surface area contributed by atoms with Gasteiger partial charge in [0.15, 0.2) is 6.04 Å². The summed E-state index contributed by atoms with van der Waals surface area (Å²) in [5, 5.41) is 11.2. The highest BCUT2D eigenvalue weighted by atomic mass is 19.4. The average molecular weight is 284 g/mol. The van der Waals surface area contributed by atoms with Crippen molar-refractivity contribution in [1.82, 2.24) is 10.2 Å². The molecule has 1 heterocycles. The van der Waals surface area contributed by atoms with E-state index in [0.717, 1.165) is 4.90 Å². The van der Waals surface area contributed by atoms with Gasteiger partial charge in [-0.3, -0.25) is 0 Å². The van der Waals surface area contributed by atoms with Gasteiger partial charge >= 0.3 is 18.2 Å². The monoisotopic (exact) mass is 284 g/mol. The normalized spacial score (nSPS) is 20.2. The van der Waals surface area contributed by atoms with E-state index in [1.54, 1.807) is 0 Å². The van der Waals surface area contributed by atoms with Crippen LogP contribution in [0.25, 0.3) is 0 Å². The van der Waals surface area contributed by atoms with Crippen molar-refractivity contribution in [3.8, 4) is 0 Å². The number of carbonyl (C=O) groups excluding carboxylic acids is 1. The summed E-state index contributed by atoms with van der Waals surface area (Å²) in [5.74, 6) is -1.20. The highest BCUT2D eigenvalue weighted by Crippen LogP contribution is 2.20. The molecule has 6 nitrogen and oxygen atoms in total. The van der Waals surface area contributed by atoms with Crippen LogP contribution in [-0.2, 0) is 9.53 Å². The van der Waals surface area contributed by atoms with Crippen LogP contribution in [0.5, 0.6) is 0 Å². The summed E-state index contributed by atoms with van der Waals surface area (Å²) in [5.41, 5.74) is 0. The number of hydrogen-bond acceptors (Lipinski definition) is 3. The summed E-state index contributed by atoms with van der Waals surface area (Å²) in [6.07, 6.45) is -5.48. The number of morpholine rings is 1. The second kappa shape index (κ2) is 6.60. The maximum absolute atomic E-state index is 11.9. The number of ether oxygens (including phenoxy) is 1. The van der Waals surface area contributed by atoms with E-state index in [1.165, 1.54) is 0 Å². The number of aliphatic carboxylic acids is 1. The van der Waals surface area contributed by atoms with Gasteiger partial charge in [-0.05, 0) is 6.42 Å². The van der Waals surface area contributed by atoms with Crippen LogP contribution in [-0.4, -0.2) is 60.5 Å². The third-order valence-corrected chi connectivity index (χ3v) is 2.59. The Labute approximate surface area is 107 Å². The molecule has 1 aliphatic heterocycles. The van der Waals surface area contributed by atoms with Gasteiger partial charge in [0, 0.05) is 19.5 Å². The Morgan fingerprint density at radius 1 is 1.42 bits per heavy atom. The Morgan fingerprint density at radius 2 is 2.11 bits per heavy atom. The summed E-state index contributed by atoms with van der Waals surface area (Å²) >= 11 is 0. The van der Waals surface area contributed by atoms with E-state index < -0.39 is 30.6 Å². The zero-order valence-electron chi connectivity index (χ0n) is 10.1. The summed E-state index contributed by atoms with van der Waals surface area (Å²) in [6, 6.07) is -1.78. The smallest absolute Gasteiger partial charge is 0.389 e. The minimum Gasteiger partial charge on any atom is -0.480 e. The molecule has 1 fully saturated rings. The molecule has 0 radical (unpaired) electrons. The number of rotatable bonds is 4.